The Labute approximate surface area is 134 Å². The van der Waals surface area contributed by atoms with Gasteiger partial charge in [0.1, 0.15) is 14.2 Å². The van der Waals surface area contributed by atoms with Crippen LogP contribution < -0.4 is 5.73 Å². The Kier molecular flexibility index (Phi) is 3.84. The van der Waals surface area contributed by atoms with Crippen LogP contribution in [0, 0.1) is 25.6 Å². The molecule has 1 aromatic carbocycles. The highest BCUT2D eigenvalue weighted by Crippen LogP contribution is 2.46. The highest BCUT2D eigenvalue weighted by Gasteiger charge is 2.64. The topological polar surface area (TPSA) is 136 Å². The fourth-order valence-corrected chi connectivity index (χ4v) is 2.79. The number of hydrogen-bond donors (Lipinski definition) is 2. The summed E-state index contributed by atoms with van der Waals surface area (Å²) >= 11 is 12.2. The molecule has 1 aromatic rings. The Morgan fingerprint density at radius 1 is 1.14 bits per heavy atom. The van der Waals surface area contributed by atoms with Gasteiger partial charge in [-0.2, -0.15) is 0 Å². The molecule has 8 nitrogen and oxygen atoms in total. The van der Waals surface area contributed by atoms with Gasteiger partial charge in [-0.1, -0.05) is 35.3 Å². The lowest BCUT2D eigenvalue weighted by molar-refractivity contribution is -0.757. The van der Waals surface area contributed by atoms with Crippen LogP contribution >= 0.6 is 23.2 Å². The van der Waals surface area contributed by atoms with Gasteiger partial charge in [0.25, 0.3) is 0 Å². The molecule has 0 heterocycles. The van der Waals surface area contributed by atoms with Crippen molar-refractivity contribution in [2.45, 2.75) is 16.4 Å². The van der Waals surface area contributed by atoms with Crippen molar-refractivity contribution in [1.29, 1.82) is 5.41 Å². The van der Waals surface area contributed by atoms with Crippen molar-refractivity contribution in [3.8, 4) is 0 Å². The minimum atomic E-state index is -2.87. The van der Waals surface area contributed by atoms with Gasteiger partial charge in [-0.15, -0.1) is 0 Å². The van der Waals surface area contributed by atoms with Gasteiger partial charge in [0.05, 0.1) is 6.08 Å². The van der Waals surface area contributed by atoms with Crippen molar-refractivity contribution in [2.75, 3.05) is 5.73 Å². The van der Waals surface area contributed by atoms with E-state index >= 15 is 0 Å². The van der Waals surface area contributed by atoms with Crippen molar-refractivity contribution in [3.05, 3.63) is 56.1 Å². The quantitative estimate of drug-likeness (QED) is 0.285. The smallest absolute Gasteiger partial charge is 0.399 e. The van der Waals surface area contributed by atoms with Crippen molar-refractivity contribution >= 4 is 40.2 Å². The summed E-state index contributed by atoms with van der Waals surface area (Å²) in [4.78, 5) is 20.2. The van der Waals surface area contributed by atoms with Crippen LogP contribution in [0.3, 0.4) is 0 Å². The standard InChI is InChI=1S/C12H10Cl2N4O4/c13-11(14)6-10(16)12(17(19)20,18(21)22)5-9(11)7-1-3-8(15)4-2-7/h1-5,16H,6,15H2. The number of nitrogens with two attached hydrogens (primary N) is 1. The van der Waals surface area contributed by atoms with Crippen LogP contribution in [0.2, 0.25) is 0 Å². The Balaban J connectivity index is 2.72. The monoisotopic (exact) mass is 344 g/mol. The summed E-state index contributed by atoms with van der Waals surface area (Å²) in [7, 11) is 0. The third-order valence-electron chi connectivity index (χ3n) is 3.36. The summed E-state index contributed by atoms with van der Waals surface area (Å²) in [6.07, 6.45) is 0.193. The van der Waals surface area contributed by atoms with Gasteiger partial charge in [0.15, 0.2) is 5.71 Å². The summed E-state index contributed by atoms with van der Waals surface area (Å²) in [5.74, 6) is 0. The number of hydrogen-bond acceptors (Lipinski definition) is 6. The number of halogens is 2. The normalized spacial score (nSPS) is 19.4. The van der Waals surface area contributed by atoms with E-state index < -0.39 is 32.0 Å². The molecule has 0 amide bonds. The van der Waals surface area contributed by atoms with Crippen LogP contribution in [0.5, 0.6) is 0 Å². The Morgan fingerprint density at radius 3 is 2.09 bits per heavy atom. The number of allylic oxidation sites excluding steroid dienone is 1. The van der Waals surface area contributed by atoms with Gasteiger partial charge in [-0.05, 0) is 17.7 Å². The first kappa shape index (κ1) is 16.2. The molecule has 0 radical (unpaired) electrons. The van der Waals surface area contributed by atoms with E-state index in [9.17, 15) is 20.2 Å². The maximum atomic E-state index is 11.2. The van der Waals surface area contributed by atoms with E-state index in [1.807, 2.05) is 0 Å². The molecule has 10 heteroatoms. The zero-order valence-corrected chi connectivity index (χ0v) is 12.5. The van der Waals surface area contributed by atoms with Gasteiger partial charge in [-0.25, -0.2) is 0 Å². The predicted octanol–water partition coefficient (Wildman–Crippen LogP) is 2.50. The third-order valence-corrected chi connectivity index (χ3v) is 4.04. The van der Waals surface area contributed by atoms with Gasteiger partial charge in [0, 0.05) is 17.7 Å². The average molecular weight is 345 g/mol. The largest absolute Gasteiger partial charge is 0.516 e. The molecular formula is C12H10Cl2N4O4. The molecule has 116 valence electrons. The fraction of sp³-hybridized carbons (Fsp3) is 0.250. The lowest BCUT2D eigenvalue weighted by Gasteiger charge is -2.30. The maximum absolute atomic E-state index is 11.2. The first-order valence-corrected chi connectivity index (χ1v) is 6.71. The van der Waals surface area contributed by atoms with Crippen molar-refractivity contribution in [1.82, 2.24) is 0 Å². The third kappa shape index (κ3) is 2.40. The minimum absolute atomic E-state index is 0.000216. The summed E-state index contributed by atoms with van der Waals surface area (Å²) in [5, 5.41) is 30.2. The molecule has 0 aliphatic heterocycles. The van der Waals surface area contributed by atoms with Crippen LogP contribution in [0.15, 0.2) is 30.3 Å². The molecule has 2 rings (SSSR count). The lowest BCUT2D eigenvalue weighted by Crippen LogP contribution is -2.55. The number of anilines is 1. The molecular weight excluding hydrogens is 335 g/mol. The van der Waals surface area contributed by atoms with E-state index in [1.54, 1.807) is 0 Å². The molecule has 0 saturated carbocycles. The molecule has 1 aliphatic carbocycles. The molecule has 0 unspecified atom stereocenters. The van der Waals surface area contributed by atoms with Gasteiger partial charge in [-0.3, -0.25) is 25.6 Å². The second-order valence-corrected chi connectivity index (χ2v) is 6.26. The molecule has 0 spiro atoms. The summed E-state index contributed by atoms with van der Waals surface area (Å²) < 4.78 is -1.68. The van der Waals surface area contributed by atoms with E-state index in [-0.39, 0.29) is 5.57 Å². The molecule has 22 heavy (non-hydrogen) atoms. The van der Waals surface area contributed by atoms with Gasteiger partial charge in [0.2, 0.25) is 0 Å². The van der Waals surface area contributed by atoms with E-state index in [4.69, 9.17) is 34.3 Å². The highest BCUT2D eigenvalue weighted by atomic mass is 35.5. The maximum Gasteiger partial charge on any atom is 0.516 e. The molecule has 0 bridgehead atoms. The Morgan fingerprint density at radius 2 is 1.64 bits per heavy atom. The van der Waals surface area contributed by atoms with Gasteiger partial charge >= 0.3 is 5.66 Å². The number of nitrogen functional groups attached to an aromatic ring is 1. The SMILES string of the molecule is N=C1CC(Cl)(Cl)C(c2ccc(N)cc2)=CC1([N+](=O)[O-])[N+](=O)[O-]. The summed E-state index contributed by atoms with van der Waals surface area (Å²) in [5.41, 5.74) is 2.71. The first-order chi connectivity index (χ1) is 10.1. The second kappa shape index (κ2) is 5.22. The highest BCUT2D eigenvalue weighted by molar-refractivity contribution is 6.55. The van der Waals surface area contributed by atoms with Crippen LogP contribution in [-0.2, 0) is 0 Å². The predicted molar refractivity (Wildman–Crippen MR) is 82.3 cm³/mol. The molecule has 3 N–H and O–H groups in total. The second-order valence-electron chi connectivity index (χ2n) is 4.78. The van der Waals surface area contributed by atoms with Crippen molar-refractivity contribution in [3.63, 3.8) is 0 Å². The summed E-state index contributed by atoms with van der Waals surface area (Å²) in [6, 6.07) is 6.03. The number of nitrogens with one attached hydrogen (secondary N) is 1. The zero-order valence-electron chi connectivity index (χ0n) is 11.0. The van der Waals surface area contributed by atoms with Crippen LogP contribution in [0.4, 0.5) is 5.69 Å². The molecule has 0 fully saturated rings. The number of benzene rings is 1. The van der Waals surface area contributed by atoms with Crippen LogP contribution in [0.1, 0.15) is 12.0 Å². The van der Waals surface area contributed by atoms with Gasteiger partial charge < -0.3 is 5.73 Å². The Hall–Kier alpha value is -2.19. The fourth-order valence-electron chi connectivity index (χ4n) is 2.19. The number of alkyl halides is 2. The number of rotatable bonds is 3. The number of nitro groups is 2. The minimum Gasteiger partial charge on any atom is -0.399 e. The molecule has 0 saturated heterocycles. The summed E-state index contributed by atoms with van der Waals surface area (Å²) in [6.45, 7) is 0. The Bertz CT molecular complexity index is 686. The van der Waals surface area contributed by atoms with Crippen molar-refractivity contribution < 1.29 is 9.85 Å². The average Bonchev–Trinajstić information content (AvgIpc) is 2.38. The van der Waals surface area contributed by atoms with Crippen LogP contribution in [0.25, 0.3) is 5.57 Å². The van der Waals surface area contributed by atoms with E-state index in [0.29, 0.717) is 11.3 Å². The lowest BCUT2D eigenvalue weighted by atomic mass is 9.85. The van der Waals surface area contributed by atoms with Crippen LogP contribution in [-0.4, -0.2) is 25.6 Å². The van der Waals surface area contributed by atoms with Crippen molar-refractivity contribution in [2.24, 2.45) is 0 Å². The molecule has 0 atom stereocenters. The molecule has 1 aliphatic rings. The van der Waals surface area contributed by atoms with E-state index in [2.05, 4.69) is 0 Å². The van der Waals surface area contributed by atoms with E-state index in [0.717, 1.165) is 6.08 Å². The number of nitrogens with zero attached hydrogens (tertiary/aromatic N) is 2. The molecule has 0 aromatic heterocycles. The van der Waals surface area contributed by atoms with E-state index in [1.165, 1.54) is 24.3 Å². The first-order valence-electron chi connectivity index (χ1n) is 5.95. The zero-order chi connectivity index (χ0) is 16.7.